The predicted octanol–water partition coefficient (Wildman–Crippen LogP) is 3.25. The third-order valence-electron chi connectivity index (χ3n) is 4.36. The van der Waals surface area contributed by atoms with Crippen LogP contribution in [-0.2, 0) is 4.79 Å². The van der Waals surface area contributed by atoms with E-state index in [-0.39, 0.29) is 5.82 Å². The molecule has 23 heavy (non-hydrogen) atoms. The molecule has 1 saturated heterocycles. The number of pyridine rings is 1. The third-order valence-corrected chi connectivity index (χ3v) is 4.36. The van der Waals surface area contributed by atoms with Crippen molar-refractivity contribution in [2.24, 2.45) is 0 Å². The van der Waals surface area contributed by atoms with Gasteiger partial charge in [-0.05, 0) is 37.1 Å². The minimum absolute atomic E-state index is 0.323. The van der Waals surface area contributed by atoms with Gasteiger partial charge < -0.3 is 5.11 Å². The molecule has 0 amide bonds. The molecular weight excluding hydrogens is 295 g/mol. The number of carbonyl (C=O) groups is 1. The molecule has 1 aliphatic rings. The molecule has 1 N–H and O–H groups in total. The van der Waals surface area contributed by atoms with Crippen LogP contribution in [0.15, 0.2) is 48.8 Å². The molecule has 1 aromatic carbocycles. The monoisotopic (exact) mass is 314 g/mol. The Morgan fingerprint density at radius 1 is 1.26 bits per heavy atom. The Morgan fingerprint density at radius 2 is 2.09 bits per heavy atom. The lowest BCUT2D eigenvalue weighted by Crippen LogP contribution is -2.47. The van der Waals surface area contributed by atoms with Crippen molar-refractivity contribution < 1.29 is 14.3 Å². The Kier molecular flexibility index (Phi) is 4.67. The van der Waals surface area contributed by atoms with Crippen molar-refractivity contribution in [3.63, 3.8) is 0 Å². The molecule has 2 aromatic rings. The van der Waals surface area contributed by atoms with Gasteiger partial charge in [0.05, 0.1) is 6.04 Å². The highest BCUT2D eigenvalue weighted by Gasteiger charge is 2.36. The fourth-order valence-corrected chi connectivity index (χ4v) is 3.31. The van der Waals surface area contributed by atoms with E-state index in [2.05, 4.69) is 4.98 Å². The first-order valence-electron chi connectivity index (χ1n) is 7.81. The van der Waals surface area contributed by atoms with Gasteiger partial charge in [0.15, 0.2) is 0 Å². The zero-order chi connectivity index (χ0) is 16.2. The van der Waals surface area contributed by atoms with Crippen LogP contribution in [0.4, 0.5) is 4.39 Å². The van der Waals surface area contributed by atoms with Crippen LogP contribution in [0.2, 0.25) is 0 Å². The van der Waals surface area contributed by atoms with Gasteiger partial charge in [-0.3, -0.25) is 14.7 Å². The number of benzene rings is 1. The first kappa shape index (κ1) is 15.6. The highest BCUT2D eigenvalue weighted by molar-refractivity contribution is 5.73. The van der Waals surface area contributed by atoms with E-state index in [1.807, 2.05) is 11.0 Å². The molecule has 0 aliphatic carbocycles. The maximum atomic E-state index is 14.4. The van der Waals surface area contributed by atoms with E-state index in [1.54, 1.807) is 36.7 Å². The summed E-state index contributed by atoms with van der Waals surface area (Å²) in [6, 6.07) is 9.19. The van der Waals surface area contributed by atoms with E-state index in [1.165, 1.54) is 6.07 Å². The molecule has 0 spiro atoms. The Balaban J connectivity index is 2.08. The Hall–Kier alpha value is -2.27. The number of aromatic nitrogens is 1. The van der Waals surface area contributed by atoms with Gasteiger partial charge in [-0.15, -0.1) is 0 Å². The molecule has 4 nitrogen and oxygen atoms in total. The maximum Gasteiger partial charge on any atom is 0.320 e. The molecule has 2 unspecified atom stereocenters. The van der Waals surface area contributed by atoms with Gasteiger partial charge in [-0.25, -0.2) is 4.39 Å². The lowest BCUT2D eigenvalue weighted by molar-refractivity contribution is -0.145. The largest absolute Gasteiger partial charge is 0.480 e. The van der Waals surface area contributed by atoms with Crippen molar-refractivity contribution in [1.29, 1.82) is 0 Å². The van der Waals surface area contributed by atoms with E-state index in [4.69, 9.17) is 0 Å². The average molecular weight is 314 g/mol. The number of nitrogens with zero attached hydrogens (tertiary/aromatic N) is 2. The summed E-state index contributed by atoms with van der Waals surface area (Å²) in [5.41, 5.74) is 1.31. The number of hydrogen-bond donors (Lipinski definition) is 1. The van der Waals surface area contributed by atoms with Crippen molar-refractivity contribution in [2.75, 3.05) is 6.54 Å². The lowest BCUT2D eigenvalue weighted by Gasteiger charge is -2.39. The minimum atomic E-state index is -0.852. The Morgan fingerprint density at radius 3 is 2.78 bits per heavy atom. The molecule has 0 radical (unpaired) electrons. The third kappa shape index (κ3) is 3.24. The van der Waals surface area contributed by atoms with Crippen molar-refractivity contribution in [3.8, 4) is 0 Å². The van der Waals surface area contributed by atoms with Gasteiger partial charge in [-0.2, -0.15) is 0 Å². The minimum Gasteiger partial charge on any atom is -0.480 e. The molecule has 1 fully saturated rings. The number of likely N-dealkylation sites (tertiary alicyclic amines) is 1. The fraction of sp³-hybridized carbons (Fsp3) is 0.333. The summed E-state index contributed by atoms with van der Waals surface area (Å²) in [5.74, 6) is -1.18. The lowest BCUT2D eigenvalue weighted by atomic mass is 9.92. The van der Waals surface area contributed by atoms with E-state index in [0.717, 1.165) is 18.4 Å². The topological polar surface area (TPSA) is 53.4 Å². The summed E-state index contributed by atoms with van der Waals surface area (Å²) in [6.45, 7) is 0.630. The Bertz CT molecular complexity index is 678. The van der Waals surface area contributed by atoms with Gasteiger partial charge in [0, 0.05) is 18.0 Å². The number of rotatable bonds is 4. The normalized spacial score (nSPS) is 20.1. The van der Waals surface area contributed by atoms with Crippen molar-refractivity contribution in [2.45, 2.75) is 31.3 Å². The second kappa shape index (κ2) is 6.87. The first-order valence-corrected chi connectivity index (χ1v) is 7.81. The van der Waals surface area contributed by atoms with Crippen molar-refractivity contribution >= 4 is 5.97 Å². The van der Waals surface area contributed by atoms with Crippen LogP contribution in [0.3, 0.4) is 0 Å². The summed E-state index contributed by atoms with van der Waals surface area (Å²) in [4.78, 5) is 17.7. The second-order valence-electron chi connectivity index (χ2n) is 5.80. The second-order valence-corrected chi connectivity index (χ2v) is 5.80. The predicted molar refractivity (Wildman–Crippen MR) is 84.5 cm³/mol. The van der Waals surface area contributed by atoms with E-state index < -0.39 is 18.1 Å². The smallest absolute Gasteiger partial charge is 0.320 e. The molecule has 1 aromatic heterocycles. The van der Waals surface area contributed by atoms with Crippen LogP contribution < -0.4 is 0 Å². The highest BCUT2D eigenvalue weighted by Crippen LogP contribution is 2.34. The molecule has 1 aliphatic heterocycles. The van der Waals surface area contributed by atoms with Gasteiger partial charge in [0.1, 0.15) is 11.9 Å². The van der Waals surface area contributed by atoms with E-state index in [9.17, 15) is 14.3 Å². The molecule has 0 saturated carbocycles. The van der Waals surface area contributed by atoms with Crippen molar-refractivity contribution in [1.82, 2.24) is 9.88 Å². The number of carboxylic acids is 1. The van der Waals surface area contributed by atoms with Crippen LogP contribution in [0.25, 0.3) is 0 Å². The van der Waals surface area contributed by atoms with Crippen LogP contribution in [0.5, 0.6) is 0 Å². The van der Waals surface area contributed by atoms with Gasteiger partial charge >= 0.3 is 5.97 Å². The van der Waals surface area contributed by atoms with Crippen molar-refractivity contribution in [3.05, 3.63) is 65.7 Å². The quantitative estimate of drug-likeness (QED) is 0.941. The summed E-state index contributed by atoms with van der Waals surface area (Å²) in [6.07, 6.45) is 5.72. The van der Waals surface area contributed by atoms with Gasteiger partial charge in [-0.1, -0.05) is 30.7 Å². The maximum absolute atomic E-state index is 14.4. The zero-order valence-electron chi connectivity index (χ0n) is 12.7. The number of piperidine rings is 1. The van der Waals surface area contributed by atoms with Gasteiger partial charge in [0.25, 0.3) is 0 Å². The number of hydrogen-bond acceptors (Lipinski definition) is 3. The van der Waals surface area contributed by atoms with Crippen LogP contribution in [-0.4, -0.2) is 33.5 Å². The number of aliphatic carboxylic acids is 1. The SMILES string of the molecule is O=C(O)C1CCCCN1C(c1cccnc1)c1ccccc1F. The van der Waals surface area contributed by atoms with Crippen LogP contribution >= 0.6 is 0 Å². The molecular formula is C18H19FN2O2. The molecule has 2 atom stereocenters. The van der Waals surface area contributed by atoms with E-state index >= 15 is 0 Å². The zero-order valence-corrected chi connectivity index (χ0v) is 12.7. The summed E-state index contributed by atoms with van der Waals surface area (Å²) in [5, 5.41) is 9.57. The fourth-order valence-electron chi connectivity index (χ4n) is 3.31. The standard InChI is InChI=1S/C18H19FN2O2/c19-15-8-2-1-7-14(15)17(13-6-5-10-20-12-13)21-11-4-3-9-16(21)18(22)23/h1-2,5-8,10,12,16-17H,3-4,9,11H2,(H,22,23). The molecule has 5 heteroatoms. The summed E-state index contributed by atoms with van der Waals surface area (Å²) in [7, 11) is 0. The molecule has 0 bridgehead atoms. The van der Waals surface area contributed by atoms with E-state index in [0.29, 0.717) is 18.5 Å². The summed E-state index contributed by atoms with van der Waals surface area (Å²) < 4.78 is 14.4. The van der Waals surface area contributed by atoms with Crippen LogP contribution in [0.1, 0.15) is 36.4 Å². The molecule has 2 heterocycles. The number of halogens is 1. The number of carboxylic acid groups (broad SMARTS) is 1. The van der Waals surface area contributed by atoms with Crippen LogP contribution in [0, 0.1) is 5.82 Å². The Labute approximate surface area is 134 Å². The average Bonchev–Trinajstić information content (AvgIpc) is 2.58. The molecule has 120 valence electrons. The summed E-state index contributed by atoms with van der Waals surface area (Å²) >= 11 is 0. The van der Waals surface area contributed by atoms with Gasteiger partial charge in [0.2, 0.25) is 0 Å². The highest BCUT2D eigenvalue weighted by atomic mass is 19.1. The first-order chi connectivity index (χ1) is 11.2. The molecule has 3 rings (SSSR count).